The number of nitrogens with zero attached hydrogens (tertiary/aromatic N) is 3. The summed E-state index contributed by atoms with van der Waals surface area (Å²) in [5.74, 6) is -5.19. The molecule has 4 rings (SSSR count). The van der Waals surface area contributed by atoms with Crippen LogP contribution in [0.1, 0.15) is 76.1 Å². The van der Waals surface area contributed by atoms with Gasteiger partial charge in [0.2, 0.25) is 23.6 Å². The third kappa shape index (κ3) is 22.1. The number of hydrogen-bond donors (Lipinski definition) is 7. The van der Waals surface area contributed by atoms with Crippen LogP contribution in [0, 0.1) is 12.8 Å². The Bertz CT molecular complexity index is 2040. The summed E-state index contributed by atoms with van der Waals surface area (Å²) in [5, 5.41) is 32.7. The normalized spacial score (nSPS) is 13.7. The summed E-state index contributed by atoms with van der Waals surface area (Å²) < 4.78 is 0. The van der Waals surface area contributed by atoms with Crippen molar-refractivity contribution in [2.45, 2.75) is 103 Å². The summed E-state index contributed by atoms with van der Waals surface area (Å²) in [6.07, 6.45) is 3.18. The first kappa shape index (κ1) is 61.2. The van der Waals surface area contributed by atoms with E-state index < -0.39 is 60.2 Å². The fraction of sp³-hybridized carbons (Fsp3) is 0.426. The van der Waals surface area contributed by atoms with Gasteiger partial charge in [-0.2, -0.15) is 0 Å². The molecule has 20 nitrogen and oxygen atoms in total. The van der Waals surface area contributed by atoms with Crippen LogP contribution in [0.4, 0.5) is 16.2 Å². The molecule has 21 heteroatoms. The summed E-state index contributed by atoms with van der Waals surface area (Å²) >= 11 is 0. The van der Waals surface area contributed by atoms with Crippen LogP contribution >= 0.6 is 0 Å². The van der Waals surface area contributed by atoms with E-state index in [1.54, 1.807) is 78.4 Å². The minimum absolute atomic E-state index is 0. The Hall–Kier alpha value is -6.78. The van der Waals surface area contributed by atoms with Crippen LogP contribution in [0.3, 0.4) is 0 Å². The number of nitrogens with one attached hydrogen (secondary N) is 5. The maximum absolute atomic E-state index is 13.9. The second-order valence-corrected chi connectivity index (χ2v) is 15.7. The van der Waals surface area contributed by atoms with Crippen LogP contribution in [0.25, 0.3) is 0 Å². The van der Waals surface area contributed by atoms with Crippen LogP contribution in [0.5, 0.6) is 0 Å². The standard InChI is InChI=1S/C44H58N8O9.CHO.2CO.Re/c1-28(2)40(43(60)52-23-11-13-30(52)4)50-42(59)36(25-38(54)55)48-41(58)35(16-8-10-22-51(27-39(56)57)26-33-14-7-9-21-45-33)47-37(53)24-31-17-19-32(20-18-31)46-44(61)49-34-15-6-5-12-29(34)3;3*1-2;/h5-7,9,12,14-15,17-21,28,30,35-36,40H,8,10-11,13,16,22-27H2,1-4H3,(H,47,53)(H,48,58)(H,50,59)(H,54,55)(H,56,57)(H2,46,49,61);1H;;;/q;+1;2*-1;/t30-,35+,36+,40+;;;;/m1..../s1. The molecule has 0 unspecified atom stereocenters. The predicted molar refractivity (Wildman–Crippen MR) is 246 cm³/mol. The Morgan fingerprint density at radius 1 is 0.824 bits per heavy atom. The number of likely N-dealkylation sites (tertiary alicyclic amines) is 1. The second kappa shape index (κ2) is 33.7. The van der Waals surface area contributed by atoms with Gasteiger partial charge in [-0.15, -0.1) is 0 Å². The van der Waals surface area contributed by atoms with Crippen LogP contribution in [-0.2, 0) is 76.5 Å². The number of aliphatic carboxylic acids is 2. The van der Waals surface area contributed by atoms with E-state index in [1.165, 1.54) is 0 Å². The number of anilines is 2. The van der Waals surface area contributed by atoms with E-state index in [0.717, 1.165) is 18.4 Å². The molecule has 2 aromatic carbocycles. The molecule has 1 aliphatic rings. The maximum Gasteiger partial charge on any atom is 0.490 e. The van der Waals surface area contributed by atoms with Crippen molar-refractivity contribution >= 4 is 73.3 Å². The van der Waals surface area contributed by atoms with Gasteiger partial charge in [0.25, 0.3) is 0 Å². The zero-order chi connectivity index (χ0) is 50.5. The van der Waals surface area contributed by atoms with Gasteiger partial charge in [-0.25, -0.2) is 4.79 Å². The van der Waals surface area contributed by atoms with Crippen LogP contribution in [0.2, 0.25) is 0 Å². The van der Waals surface area contributed by atoms with Crippen LogP contribution < -0.4 is 26.6 Å². The average Bonchev–Trinajstić information content (AvgIpc) is 3.74. The third-order valence-electron chi connectivity index (χ3n) is 10.4. The Balaban J connectivity index is 0.00000616. The van der Waals surface area contributed by atoms with E-state index in [0.29, 0.717) is 48.6 Å². The number of hydrogen-bond acceptors (Lipinski definition) is 12. The maximum atomic E-state index is 13.9. The first-order valence-electron chi connectivity index (χ1n) is 21.2. The Labute approximate surface area is 410 Å². The molecule has 1 saturated heterocycles. The van der Waals surface area contributed by atoms with Crippen LogP contribution in [-0.4, -0.2) is 131 Å². The topological polar surface area (TPSA) is 291 Å². The fourth-order valence-electron chi connectivity index (χ4n) is 7.08. The van der Waals surface area contributed by atoms with Gasteiger partial charge in [0.1, 0.15) is 18.1 Å². The van der Waals surface area contributed by atoms with Crippen molar-refractivity contribution < 1.29 is 78.6 Å². The SMILES string of the molecule is Cc1ccccc1NC(=O)Nc1ccc(CC(=O)N[C@@H](CCCCN(CC(=O)O)Cc2ccccn2)C(=O)N[C@@H](CC(=O)O)C(=O)N[C@H](C(=O)N2CCC[C@H]2C)C(C)C)cc1.[C-]=O.[C-]=O.[CH+]=O.[Re]. The van der Waals surface area contributed by atoms with Crippen molar-refractivity contribution in [3.8, 4) is 0 Å². The molecule has 68 heavy (non-hydrogen) atoms. The quantitative estimate of drug-likeness (QED) is 0.0433. The first-order valence-corrected chi connectivity index (χ1v) is 21.2. The molecule has 367 valence electrons. The third-order valence-corrected chi connectivity index (χ3v) is 10.4. The molecule has 3 radical (unpaired) electrons. The van der Waals surface area contributed by atoms with Crippen molar-refractivity contribution in [1.82, 2.24) is 30.7 Å². The molecule has 1 aromatic heterocycles. The zero-order valence-corrected chi connectivity index (χ0v) is 41.1. The number of rotatable bonds is 22. The van der Waals surface area contributed by atoms with Crippen molar-refractivity contribution in [3.05, 3.63) is 89.7 Å². The van der Waals surface area contributed by atoms with E-state index in [2.05, 4.69) is 51.9 Å². The van der Waals surface area contributed by atoms with Gasteiger partial charge in [0.15, 0.2) is 0 Å². The number of unbranched alkanes of at least 4 members (excludes halogenated alkanes) is 1. The van der Waals surface area contributed by atoms with E-state index in [-0.39, 0.29) is 64.2 Å². The van der Waals surface area contributed by atoms with Gasteiger partial charge in [-0.3, -0.25) is 38.7 Å². The molecule has 1 aliphatic heterocycles. The van der Waals surface area contributed by atoms with Gasteiger partial charge >= 0.3 is 24.8 Å². The Morgan fingerprint density at radius 2 is 1.46 bits per heavy atom. The number of carboxylic acids is 2. The number of carbonyl (C=O) groups is 7. The number of para-hydroxylation sites is 1. The fourth-order valence-corrected chi connectivity index (χ4v) is 7.08. The van der Waals surface area contributed by atoms with Crippen molar-refractivity contribution in [2.24, 2.45) is 5.92 Å². The summed E-state index contributed by atoms with van der Waals surface area (Å²) in [5.41, 5.74) is 3.28. The molecule has 4 atom stereocenters. The predicted octanol–water partition coefficient (Wildman–Crippen LogP) is 2.86. The number of aromatic nitrogens is 1. The van der Waals surface area contributed by atoms with Gasteiger partial charge in [-0.1, -0.05) is 50.2 Å². The Morgan fingerprint density at radius 3 is 2.01 bits per heavy atom. The average molecular weight is 1110 g/mol. The molecule has 0 spiro atoms. The molecule has 1 fully saturated rings. The Kier molecular flexibility index (Phi) is 30.3. The smallest absolute Gasteiger partial charge is 0.490 e. The van der Waals surface area contributed by atoms with E-state index in [1.807, 2.05) is 32.0 Å². The molecule has 7 N–H and O–H groups in total. The first-order chi connectivity index (χ1) is 32.1. The summed E-state index contributed by atoms with van der Waals surface area (Å²) in [4.78, 5) is 121. The van der Waals surface area contributed by atoms with Gasteiger partial charge in [-0.05, 0) is 99.9 Å². The van der Waals surface area contributed by atoms with Gasteiger partial charge in [0, 0.05) is 61.9 Å². The minimum Gasteiger partial charge on any atom is -0.573 e. The van der Waals surface area contributed by atoms with Gasteiger partial charge in [0.05, 0.1) is 25.1 Å². The van der Waals surface area contributed by atoms with Crippen molar-refractivity contribution in [1.29, 1.82) is 0 Å². The largest absolute Gasteiger partial charge is 0.573 e. The van der Waals surface area contributed by atoms with Crippen LogP contribution in [0.15, 0.2) is 72.9 Å². The summed E-state index contributed by atoms with van der Waals surface area (Å²) in [6, 6.07) is 15.1. The number of pyridine rings is 1. The number of benzene rings is 2. The summed E-state index contributed by atoms with van der Waals surface area (Å²) in [7, 11) is 0. The molecule has 6 amide bonds. The number of aryl methyl sites for hydroxylation is 1. The number of carbonyl (C=O) groups excluding carboxylic acids is 8. The molecule has 2 heterocycles. The molecule has 0 saturated carbocycles. The molecule has 0 bridgehead atoms. The monoisotopic (exact) mass is 1110 g/mol. The summed E-state index contributed by atoms with van der Waals surface area (Å²) in [6.45, 7) is 20.5. The zero-order valence-electron chi connectivity index (χ0n) is 38.4. The molecular formula is C47H59N8O12Re-. The number of amides is 6. The van der Waals surface area contributed by atoms with E-state index in [4.69, 9.17) is 14.4 Å². The van der Waals surface area contributed by atoms with Gasteiger partial charge < -0.3 is 64.9 Å². The molecule has 0 aliphatic carbocycles. The van der Waals surface area contributed by atoms with Crippen molar-refractivity contribution in [2.75, 3.05) is 30.3 Å². The van der Waals surface area contributed by atoms with Crippen molar-refractivity contribution in [3.63, 3.8) is 0 Å². The van der Waals surface area contributed by atoms with E-state index in [9.17, 15) is 43.8 Å². The molecule has 3 aromatic rings. The second-order valence-electron chi connectivity index (χ2n) is 15.7. The number of urea groups is 1. The minimum atomic E-state index is -1.57. The number of carboxylic acid groups (broad SMARTS) is 2. The molecular weight excluding hydrogens is 1050 g/mol. The van der Waals surface area contributed by atoms with E-state index >= 15 is 0 Å².